The fraction of sp³-hybridized carbons (Fsp3) is 0.0952. The number of carbonyl (C=O) groups is 1. The van der Waals surface area contributed by atoms with Crippen LogP contribution >= 0.6 is 22.7 Å². The second kappa shape index (κ2) is 8.53. The zero-order valence-electron chi connectivity index (χ0n) is 14.5. The van der Waals surface area contributed by atoms with E-state index in [4.69, 9.17) is 9.47 Å². The Morgan fingerprint density at radius 2 is 1.25 bits per heavy atom. The van der Waals surface area contributed by atoms with Gasteiger partial charge in [0.2, 0.25) is 0 Å². The van der Waals surface area contributed by atoms with Crippen LogP contribution in [-0.4, -0.2) is 29.3 Å². The molecule has 0 spiro atoms. The molecule has 5 nitrogen and oxygen atoms in total. The first kappa shape index (κ1) is 18.0. The summed E-state index contributed by atoms with van der Waals surface area (Å²) in [5.41, 5.74) is 1.81. The van der Waals surface area contributed by atoms with Gasteiger partial charge >= 0.3 is 6.16 Å². The van der Waals surface area contributed by atoms with E-state index in [9.17, 15) is 4.79 Å². The number of benzene rings is 2. The van der Waals surface area contributed by atoms with Gasteiger partial charge in [-0.15, -0.1) is 22.7 Å². The van der Waals surface area contributed by atoms with Crippen molar-refractivity contribution in [3.05, 3.63) is 58.5 Å². The molecule has 4 rings (SSSR count). The minimum atomic E-state index is -0.808. The number of hydrogen-bond donors (Lipinski definition) is 0. The summed E-state index contributed by atoms with van der Waals surface area (Å²) in [6.45, 7) is -0.139. The third kappa shape index (κ3) is 4.47. The molecule has 0 radical (unpaired) electrons. The Kier molecular flexibility index (Phi) is 5.48. The average Bonchev–Trinajstić information content (AvgIpc) is 3.31. The summed E-state index contributed by atoms with van der Waals surface area (Å²) in [7, 11) is 0. The molecule has 0 aliphatic rings. The van der Waals surface area contributed by atoms with Gasteiger partial charge in [-0.05, 0) is 36.1 Å². The number of rotatable bonds is 2. The molecular formula is C21H12N2O3S2. The highest BCUT2D eigenvalue weighted by Gasteiger charge is 2.02. The molecule has 0 saturated carbocycles. The molecule has 0 aliphatic heterocycles. The minimum absolute atomic E-state index is 0.0694. The number of thiazole rings is 2. The SMILES string of the molecule is O=C(OCC#Cc1nc2ccccc2s1)OCC#Cc1nc2ccccc2s1. The molecule has 0 atom stereocenters. The topological polar surface area (TPSA) is 61.3 Å². The summed E-state index contributed by atoms with van der Waals surface area (Å²) in [5, 5.41) is 1.36. The molecule has 28 heavy (non-hydrogen) atoms. The van der Waals surface area contributed by atoms with Gasteiger partial charge in [-0.2, -0.15) is 0 Å². The molecule has 0 saturated heterocycles. The Balaban J connectivity index is 1.23. The molecular weight excluding hydrogens is 392 g/mol. The number of hydrogen-bond acceptors (Lipinski definition) is 7. The van der Waals surface area contributed by atoms with Gasteiger partial charge in [0.05, 0.1) is 20.4 Å². The van der Waals surface area contributed by atoms with Crippen LogP contribution in [0, 0.1) is 23.7 Å². The summed E-state index contributed by atoms with van der Waals surface area (Å²) in [6.07, 6.45) is -0.808. The van der Waals surface area contributed by atoms with Gasteiger partial charge in [0.25, 0.3) is 0 Å². The minimum Gasteiger partial charge on any atom is -0.421 e. The van der Waals surface area contributed by atoms with Crippen molar-refractivity contribution in [1.29, 1.82) is 0 Å². The van der Waals surface area contributed by atoms with Gasteiger partial charge < -0.3 is 9.47 Å². The first-order chi connectivity index (χ1) is 13.8. The van der Waals surface area contributed by atoms with E-state index in [1.54, 1.807) is 0 Å². The molecule has 0 N–H and O–H groups in total. The Hall–Kier alpha value is -3.39. The maximum absolute atomic E-state index is 11.5. The normalized spacial score (nSPS) is 10.0. The van der Waals surface area contributed by atoms with E-state index >= 15 is 0 Å². The summed E-state index contributed by atoms with van der Waals surface area (Å²) in [4.78, 5) is 20.3. The summed E-state index contributed by atoms with van der Waals surface area (Å²) < 4.78 is 11.9. The van der Waals surface area contributed by atoms with E-state index in [0.717, 1.165) is 20.4 Å². The second-order valence-electron chi connectivity index (χ2n) is 5.40. The highest BCUT2D eigenvalue weighted by Crippen LogP contribution is 2.21. The molecule has 4 aromatic rings. The first-order valence-corrected chi connectivity index (χ1v) is 9.90. The van der Waals surface area contributed by atoms with Gasteiger partial charge in [0.1, 0.15) is 0 Å². The van der Waals surface area contributed by atoms with E-state index in [2.05, 4.69) is 33.6 Å². The molecule has 0 aliphatic carbocycles. The number of aromatic nitrogens is 2. The molecule has 136 valence electrons. The van der Waals surface area contributed by atoms with Crippen molar-refractivity contribution in [3.8, 4) is 23.7 Å². The fourth-order valence-electron chi connectivity index (χ4n) is 2.31. The van der Waals surface area contributed by atoms with Crippen molar-refractivity contribution in [2.45, 2.75) is 0 Å². The quantitative estimate of drug-likeness (QED) is 0.365. The molecule has 0 amide bonds. The predicted molar refractivity (Wildman–Crippen MR) is 110 cm³/mol. The Morgan fingerprint density at radius 1 is 0.786 bits per heavy atom. The summed E-state index contributed by atoms with van der Waals surface area (Å²) in [5.74, 6) is 11.3. The average molecular weight is 404 g/mol. The van der Waals surface area contributed by atoms with Crippen LogP contribution in [0.5, 0.6) is 0 Å². The molecule has 0 unspecified atom stereocenters. The van der Waals surface area contributed by atoms with Crippen LogP contribution in [0.25, 0.3) is 20.4 Å². The van der Waals surface area contributed by atoms with Crippen molar-refractivity contribution in [1.82, 2.24) is 9.97 Å². The lowest BCUT2D eigenvalue weighted by Gasteiger charge is -1.98. The second-order valence-corrected chi connectivity index (χ2v) is 7.47. The molecule has 0 fully saturated rings. The third-order valence-corrected chi connectivity index (χ3v) is 5.41. The van der Waals surface area contributed by atoms with Crippen LogP contribution in [0.15, 0.2) is 48.5 Å². The van der Waals surface area contributed by atoms with E-state index < -0.39 is 6.16 Å². The van der Waals surface area contributed by atoms with E-state index in [1.165, 1.54) is 22.7 Å². The van der Waals surface area contributed by atoms with E-state index in [1.807, 2.05) is 48.5 Å². The van der Waals surface area contributed by atoms with Gasteiger partial charge in [0.15, 0.2) is 23.2 Å². The highest BCUT2D eigenvalue weighted by molar-refractivity contribution is 7.19. The maximum atomic E-state index is 11.5. The zero-order valence-corrected chi connectivity index (χ0v) is 16.1. The van der Waals surface area contributed by atoms with Gasteiger partial charge in [0, 0.05) is 0 Å². The Morgan fingerprint density at radius 3 is 1.71 bits per heavy atom. The van der Waals surface area contributed by atoms with Gasteiger partial charge in [-0.1, -0.05) is 36.1 Å². The molecule has 2 aromatic carbocycles. The van der Waals surface area contributed by atoms with Crippen LogP contribution in [0.4, 0.5) is 4.79 Å². The lowest BCUT2D eigenvalue weighted by atomic mass is 10.3. The van der Waals surface area contributed by atoms with Crippen molar-refractivity contribution in [2.24, 2.45) is 0 Å². The number of fused-ring (bicyclic) bond motifs is 2. The van der Waals surface area contributed by atoms with Crippen molar-refractivity contribution in [3.63, 3.8) is 0 Å². The summed E-state index contributed by atoms with van der Waals surface area (Å²) >= 11 is 2.99. The van der Waals surface area contributed by atoms with Crippen LogP contribution in [0.1, 0.15) is 10.0 Å². The Bertz CT molecular complexity index is 1100. The lowest BCUT2D eigenvalue weighted by Crippen LogP contribution is -2.07. The lowest BCUT2D eigenvalue weighted by molar-refractivity contribution is 0.0745. The van der Waals surface area contributed by atoms with E-state index in [-0.39, 0.29) is 13.2 Å². The van der Waals surface area contributed by atoms with Gasteiger partial charge in [-0.3, -0.25) is 0 Å². The van der Waals surface area contributed by atoms with Crippen molar-refractivity contribution >= 4 is 49.3 Å². The molecule has 2 aromatic heterocycles. The Labute approximate surface area is 169 Å². The standard InChI is InChI=1S/C21H12N2O3S2/c24-21(25-13-5-11-19-22-15-7-1-3-9-17(15)27-19)26-14-6-12-20-23-16-8-2-4-10-18(16)28-20/h1-4,7-10H,13-14H2. The van der Waals surface area contributed by atoms with Crippen molar-refractivity contribution in [2.75, 3.05) is 13.2 Å². The highest BCUT2D eigenvalue weighted by atomic mass is 32.1. The number of nitrogens with zero attached hydrogens (tertiary/aromatic N) is 2. The van der Waals surface area contributed by atoms with Crippen LogP contribution in [0.2, 0.25) is 0 Å². The number of para-hydroxylation sites is 2. The summed E-state index contributed by atoms with van der Waals surface area (Å²) in [6, 6.07) is 15.6. The van der Waals surface area contributed by atoms with Gasteiger partial charge in [-0.25, -0.2) is 14.8 Å². The van der Waals surface area contributed by atoms with Crippen LogP contribution in [0.3, 0.4) is 0 Å². The smallest absolute Gasteiger partial charge is 0.421 e. The molecule has 0 bridgehead atoms. The predicted octanol–water partition coefficient (Wildman–Crippen LogP) is 4.46. The maximum Gasteiger partial charge on any atom is 0.510 e. The fourth-order valence-corrected chi connectivity index (χ4v) is 3.99. The van der Waals surface area contributed by atoms with E-state index in [0.29, 0.717) is 10.0 Å². The largest absolute Gasteiger partial charge is 0.510 e. The third-order valence-electron chi connectivity index (χ3n) is 3.50. The van der Waals surface area contributed by atoms with Crippen LogP contribution < -0.4 is 0 Å². The molecule has 2 heterocycles. The first-order valence-electron chi connectivity index (χ1n) is 8.26. The molecule has 7 heteroatoms. The number of carbonyl (C=O) groups excluding carboxylic acids is 1. The van der Waals surface area contributed by atoms with Crippen LogP contribution in [-0.2, 0) is 9.47 Å². The monoisotopic (exact) mass is 404 g/mol. The number of ether oxygens (including phenoxy) is 2. The van der Waals surface area contributed by atoms with Crippen molar-refractivity contribution < 1.29 is 14.3 Å². The zero-order chi connectivity index (χ0) is 19.2.